The predicted octanol–water partition coefficient (Wildman–Crippen LogP) is 6.06. The lowest BCUT2D eigenvalue weighted by Gasteiger charge is -2.21. The lowest BCUT2D eigenvalue weighted by Crippen LogP contribution is -2.28. The number of aromatic nitrogens is 5. The van der Waals surface area contributed by atoms with E-state index < -0.39 is 17.6 Å². The Balaban J connectivity index is 1.52. The highest BCUT2D eigenvalue weighted by Crippen LogP contribution is 2.31. The topological polar surface area (TPSA) is 170 Å². The fraction of sp³-hybridized carbons (Fsp3) is 0.207. The number of carbonyl (C=O) groups excluding carboxylic acids is 1. The Morgan fingerprint density at radius 2 is 1.91 bits per heavy atom. The number of nitrogens with one attached hydrogen (secondary N) is 3. The molecule has 0 aliphatic heterocycles. The highest BCUT2D eigenvalue weighted by atomic mass is 35.5. The van der Waals surface area contributed by atoms with Gasteiger partial charge in [0.05, 0.1) is 34.2 Å². The number of hydrogen-bond acceptors (Lipinski definition) is 9. The Bertz CT molecular complexity index is 1960. The number of halogens is 1. The number of hydrogen-bond donors (Lipinski definition) is 4. The molecule has 1 atom stereocenters. The SMILES string of the molecule is [C-]#[N+]c1c(N)ncnc1N[C@@H](C)c1nc2cccc(Cl)c2c(=O)n1-c1cccc(NC(=O)Nc2cc(C(C)(C)C)on2)c1. The summed E-state index contributed by atoms with van der Waals surface area (Å²) in [6.07, 6.45) is 1.24. The van der Waals surface area contributed by atoms with Crippen LogP contribution in [0.1, 0.15) is 45.3 Å². The van der Waals surface area contributed by atoms with Gasteiger partial charge in [-0.3, -0.25) is 14.7 Å². The van der Waals surface area contributed by atoms with Crippen molar-refractivity contribution in [2.75, 3.05) is 21.7 Å². The van der Waals surface area contributed by atoms with E-state index in [1.54, 1.807) is 55.5 Å². The standard InChI is InChI=1S/C29H27ClN10O3/c1-15(35-25-23(32-5)24(31)33-14-34-25)26-37-19-11-7-10-18(30)22(19)27(41)40(26)17-9-6-8-16(12-17)36-28(42)38-21-13-20(43-39-21)29(2,3)4/h6-15H,1-4H3,(H3,31,33,34,35)(H2,36,38,39,42)/t15-/m0/s1. The van der Waals surface area contributed by atoms with Gasteiger partial charge in [0.25, 0.3) is 11.2 Å². The Morgan fingerprint density at radius 1 is 1.14 bits per heavy atom. The zero-order valence-electron chi connectivity index (χ0n) is 23.6. The van der Waals surface area contributed by atoms with Gasteiger partial charge in [-0.2, -0.15) is 0 Å². The van der Waals surface area contributed by atoms with Gasteiger partial charge < -0.3 is 20.9 Å². The summed E-state index contributed by atoms with van der Waals surface area (Å²) in [7, 11) is 0. The zero-order valence-corrected chi connectivity index (χ0v) is 24.4. The first-order valence-electron chi connectivity index (χ1n) is 13.1. The van der Waals surface area contributed by atoms with Crippen LogP contribution in [0.25, 0.3) is 21.4 Å². The van der Waals surface area contributed by atoms with Crippen LogP contribution in [0, 0.1) is 6.57 Å². The molecule has 5 aromatic rings. The molecular formula is C29H27ClN10O3. The molecule has 13 nitrogen and oxygen atoms in total. The lowest BCUT2D eigenvalue weighted by atomic mass is 9.93. The largest absolute Gasteiger partial charge is 0.392 e. The van der Waals surface area contributed by atoms with E-state index >= 15 is 0 Å². The molecule has 3 heterocycles. The Kier molecular flexibility index (Phi) is 7.71. The minimum atomic E-state index is -0.644. The molecule has 2 aromatic carbocycles. The van der Waals surface area contributed by atoms with E-state index in [9.17, 15) is 9.59 Å². The van der Waals surface area contributed by atoms with E-state index in [0.717, 1.165) is 0 Å². The maximum Gasteiger partial charge on any atom is 0.324 e. The van der Waals surface area contributed by atoms with E-state index in [0.29, 0.717) is 28.5 Å². The van der Waals surface area contributed by atoms with E-state index in [1.165, 1.54) is 10.9 Å². The highest BCUT2D eigenvalue weighted by molar-refractivity contribution is 6.35. The first-order chi connectivity index (χ1) is 20.5. The third kappa shape index (κ3) is 5.95. The average Bonchev–Trinajstić information content (AvgIpc) is 3.42. The first kappa shape index (κ1) is 29.0. The summed E-state index contributed by atoms with van der Waals surface area (Å²) >= 11 is 6.44. The van der Waals surface area contributed by atoms with Crippen molar-refractivity contribution < 1.29 is 9.32 Å². The molecule has 0 aliphatic carbocycles. The average molecular weight is 599 g/mol. The number of carbonyl (C=O) groups is 1. The smallest absolute Gasteiger partial charge is 0.324 e. The highest BCUT2D eigenvalue weighted by Gasteiger charge is 2.23. The number of nitrogens with two attached hydrogens (primary N) is 1. The molecule has 0 radical (unpaired) electrons. The van der Waals surface area contributed by atoms with Gasteiger partial charge in [0.2, 0.25) is 0 Å². The summed E-state index contributed by atoms with van der Waals surface area (Å²) in [6, 6.07) is 12.1. The molecule has 0 unspecified atom stereocenters. The van der Waals surface area contributed by atoms with Crippen molar-refractivity contribution in [1.29, 1.82) is 0 Å². The van der Waals surface area contributed by atoms with Gasteiger partial charge in [-0.1, -0.05) is 49.7 Å². The molecule has 0 spiro atoms. The van der Waals surface area contributed by atoms with Crippen molar-refractivity contribution >= 4 is 57.4 Å². The molecule has 218 valence electrons. The molecule has 3 aromatic heterocycles. The van der Waals surface area contributed by atoms with Crippen LogP contribution in [0.4, 0.5) is 33.6 Å². The van der Waals surface area contributed by atoms with Crippen molar-refractivity contribution in [3.8, 4) is 5.69 Å². The molecular weight excluding hydrogens is 572 g/mol. The summed E-state index contributed by atoms with van der Waals surface area (Å²) in [5.41, 5.74) is 6.41. The van der Waals surface area contributed by atoms with E-state index in [1.807, 2.05) is 20.8 Å². The molecule has 0 bridgehead atoms. The van der Waals surface area contributed by atoms with Crippen LogP contribution in [-0.2, 0) is 5.41 Å². The lowest BCUT2D eigenvalue weighted by molar-refractivity contribution is 0.262. The fourth-order valence-corrected chi connectivity index (χ4v) is 4.56. The number of benzene rings is 2. The maximum absolute atomic E-state index is 14.0. The minimum absolute atomic E-state index is 0.0210. The molecule has 0 aliphatic rings. The second-order valence-corrected chi connectivity index (χ2v) is 11.0. The van der Waals surface area contributed by atoms with Gasteiger partial charge in [-0.15, -0.1) is 0 Å². The first-order valence-corrected chi connectivity index (χ1v) is 13.5. The Morgan fingerprint density at radius 3 is 2.63 bits per heavy atom. The normalized spacial score (nSPS) is 12.0. The number of urea groups is 1. The predicted molar refractivity (Wildman–Crippen MR) is 165 cm³/mol. The second-order valence-electron chi connectivity index (χ2n) is 10.6. The quantitative estimate of drug-likeness (QED) is 0.169. The molecule has 14 heteroatoms. The number of fused-ring (bicyclic) bond motifs is 1. The van der Waals surface area contributed by atoms with E-state index in [-0.39, 0.29) is 39.0 Å². The van der Waals surface area contributed by atoms with Gasteiger partial charge in [0.1, 0.15) is 29.5 Å². The van der Waals surface area contributed by atoms with Crippen molar-refractivity contribution in [1.82, 2.24) is 24.7 Å². The molecule has 43 heavy (non-hydrogen) atoms. The molecule has 0 fully saturated rings. The summed E-state index contributed by atoms with van der Waals surface area (Å²) < 4.78 is 6.72. The van der Waals surface area contributed by atoms with Crippen LogP contribution in [-0.4, -0.2) is 30.7 Å². The van der Waals surface area contributed by atoms with E-state index in [2.05, 4.69) is 35.9 Å². The van der Waals surface area contributed by atoms with Crippen molar-refractivity contribution in [3.05, 3.63) is 93.2 Å². The second kappa shape index (κ2) is 11.4. The monoisotopic (exact) mass is 598 g/mol. The van der Waals surface area contributed by atoms with Gasteiger partial charge in [-0.05, 0) is 37.3 Å². The van der Waals surface area contributed by atoms with Crippen molar-refractivity contribution in [2.45, 2.75) is 39.2 Å². The van der Waals surface area contributed by atoms with Crippen LogP contribution >= 0.6 is 11.6 Å². The van der Waals surface area contributed by atoms with Crippen LogP contribution in [0.5, 0.6) is 0 Å². The maximum atomic E-state index is 14.0. The van der Waals surface area contributed by atoms with Crippen LogP contribution in [0.15, 0.2) is 64.2 Å². The van der Waals surface area contributed by atoms with Gasteiger partial charge >= 0.3 is 6.03 Å². The minimum Gasteiger partial charge on any atom is -0.392 e. The number of anilines is 4. The number of amides is 2. The number of nitrogens with zero attached hydrogens (tertiary/aromatic N) is 6. The van der Waals surface area contributed by atoms with E-state index in [4.69, 9.17) is 33.4 Å². The summed E-state index contributed by atoms with van der Waals surface area (Å²) in [5.74, 6) is 1.39. The van der Waals surface area contributed by atoms with Gasteiger partial charge in [0, 0.05) is 17.2 Å². The van der Waals surface area contributed by atoms with Crippen molar-refractivity contribution in [2.24, 2.45) is 0 Å². The molecule has 2 amide bonds. The van der Waals surface area contributed by atoms with Gasteiger partial charge in [-0.25, -0.2) is 24.6 Å². The zero-order chi connectivity index (χ0) is 30.9. The van der Waals surface area contributed by atoms with Crippen molar-refractivity contribution in [3.63, 3.8) is 0 Å². The number of nitrogen functional groups attached to an aromatic ring is 1. The van der Waals surface area contributed by atoms with Gasteiger partial charge in [0.15, 0.2) is 5.82 Å². The van der Waals surface area contributed by atoms with Crippen LogP contribution in [0.2, 0.25) is 5.02 Å². The third-order valence-electron chi connectivity index (χ3n) is 6.43. The summed E-state index contributed by atoms with van der Waals surface area (Å²) in [6.45, 7) is 15.2. The van der Waals surface area contributed by atoms with Crippen LogP contribution < -0.4 is 27.2 Å². The third-order valence-corrected chi connectivity index (χ3v) is 6.74. The summed E-state index contributed by atoms with van der Waals surface area (Å²) in [5, 5.41) is 12.9. The molecule has 0 saturated carbocycles. The Hall–Kier alpha value is -5.48. The molecule has 5 N–H and O–H groups in total. The number of rotatable bonds is 6. The Labute approximate surface area is 250 Å². The fourth-order valence-electron chi connectivity index (χ4n) is 4.31. The molecule has 0 saturated heterocycles. The summed E-state index contributed by atoms with van der Waals surface area (Å²) in [4.78, 5) is 43.0. The molecule has 5 rings (SSSR count). The van der Waals surface area contributed by atoms with Crippen LogP contribution in [0.3, 0.4) is 0 Å².